The second-order valence-electron chi connectivity index (χ2n) is 8.33. The van der Waals surface area contributed by atoms with E-state index in [0.717, 1.165) is 4.90 Å². The first-order chi connectivity index (χ1) is 15.7. The molecule has 4 N–H and O–H groups in total. The lowest BCUT2D eigenvalue weighted by Crippen LogP contribution is -2.53. The number of imide groups is 1. The Morgan fingerprint density at radius 2 is 1.76 bits per heavy atom. The maximum absolute atomic E-state index is 13.7. The average Bonchev–Trinajstić information content (AvgIpc) is 3.33. The Hall–Kier alpha value is -4.05. The number of esters is 1. The van der Waals surface area contributed by atoms with Crippen LogP contribution in [-0.4, -0.2) is 35.6 Å². The summed E-state index contributed by atoms with van der Waals surface area (Å²) in [6, 6.07) is 12.0. The normalized spacial score (nSPS) is 27.5. The smallest absolute Gasteiger partial charge is 0.308 e. The lowest BCUT2D eigenvalue weighted by molar-refractivity contribution is -0.132. The summed E-state index contributed by atoms with van der Waals surface area (Å²) in [4.78, 5) is 64.4. The van der Waals surface area contributed by atoms with Gasteiger partial charge >= 0.3 is 5.97 Å². The maximum Gasteiger partial charge on any atom is 0.308 e. The highest BCUT2D eigenvalue weighted by atomic mass is 16.5. The molecule has 4 amide bonds. The maximum atomic E-state index is 13.7. The Balaban J connectivity index is 1.59. The van der Waals surface area contributed by atoms with Gasteiger partial charge in [-0.15, -0.1) is 0 Å². The fourth-order valence-electron chi connectivity index (χ4n) is 5.23. The number of hydrogen-bond donors (Lipinski definition) is 3. The van der Waals surface area contributed by atoms with Crippen molar-refractivity contribution in [3.63, 3.8) is 0 Å². The van der Waals surface area contributed by atoms with E-state index in [1.165, 1.54) is 31.2 Å². The average molecular weight is 448 g/mol. The molecule has 10 heteroatoms. The van der Waals surface area contributed by atoms with Gasteiger partial charge in [-0.25, -0.2) is 4.90 Å². The van der Waals surface area contributed by atoms with Gasteiger partial charge in [0, 0.05) is 30.6 Å². The molecule has 33 heavy (non-hydrogen) atoms. The van der Waals surface area contributed by atoms with Gasteiger partial charge in [0.2, 0.25) is 23.6 Å². The molecular formula is C23H20N4O6. The molecule has 2 aromatic rings. The number of rotatable bonds is 4. The number of ether oxygens (including phenoxy) is 1. The number of carbonyl (C=O) groups is 5. The van der Waals surface area contributed by atoms with E-state index >= 15 is 0 Å². The van der Waals surface area contributed by atoms with E-state index in [2.05, 4.69) is 10.6 Å². The van der Waals surface area contributed by atoms with Crippen LogP contribution in [0.4, 0.5) is 11.4 Å². The third kappa shape index (κ3) is 2.94. The lowest BCUT2D eigenvalue weighted by Gasteiger charge is -2.29. The number of nitrogens with two attached hydrogens (primary N) is 1. The zero-order valence-corrected chi connectivity index (χ0v) is 17.5. The van der Waals surface area contributed by atoms with Gasteiger partial charge in [-0.05, 0) is 30.3 Å². The number of carbonyl (C=O) groups excluding carboxylic acids is 5. The molecule has 2 aromatic carbocycles. The molecular weight excluding hydrogens is 428 g/mol. The summed E-state index contributed by atoms with van der Waals surface area (Å²) >= 11 is 0. The van der Waals surface area contributed by atoms with Crippen molar-refractivity contribution in [1.29, 1.82) is 0 Å². The summed E-state index contributed by atoms with van der Waals surface area (Å²) in [6.45, 7) is 1.26. The van der Waals surface area contributed by atoms with Gasteiger partial charge in [0.25, 0.3) is 0 Å². The number of nitrogens with zero attached hydrogens (tertiary/aromatic N) is 1. The van der Waals surface area contributed by atoms with Crippen LogP contribution in [-0.2, 0) is 29.5 Å². The van der Waals surface area contributed by atoms with E-state index in [9.17, 15) is 24.0 Å². The topological polar surface area (TPSA) is 148 Å². The van der Waals surface area contributed by atoms with Crippen LogP contribution < -0.4 is 26.0 Å². The SMILES string of the molecule is CC(=O)Oc1ccc(N2C(=O)C3C(CC(N)=O)NC4(C(=O)Nc5ccccc54)C3C2=O)cc1. The van der Waals surface area contributed by atoms with Gasteiger partial charge in [0.15, 0.2) is 0 Å². The predicted octanol–water partition coefficient (Wildman–Crippen LogP) is 0.412. The molecule has 0 aliphatic carbocycles. The van der Waals surface area contributed by atoms with E-state index in [-0.39, 0.29) is 17.9 Å². The van der Waals surface area contributed by atoms with Gasteiger partial charge in [0.05, 0.1) is 17.5 Å². The molecule has 0 bridgehead atoms. The molecule has 3 heterocycles. The number of hydrogen-bond acceptors (Lipinski definition) is 7. The standard InChI is InChI=1S/C23H20N4O6/c1-11(28)33-13-8-6-12(7-9-13)27-20(30)18-16(10-17(24)29)26-23(19(18)21(27)31)14-4-2-3-5-15(14)25-22(23)32/h2-9,16,18-19,26H,10H2,1H3,(H2,24,29)(H,25,32). The summed E-state index contributed by atoms with van der Waals surface area (Å²) < 4.78 is 5.01. The molecule has 4 atom stereocenters. The molecule has 0 aromatic heterocycles. The van der Waals surface area contributed by atoms with Gasteiger partial charge < -0.3 is 15.8 Å². The van der Waals surface area contributed by atoms with Crippen LogP contribution in [0.15, 0.2) is 48.5 Å². The molecule has 2 saturated heterocycles. The molecule has 1 spiro atoms. The molecule has 0 radical (unpaired) electrons. The lowest BCUT2D eigenvalue weighted by atomic mass is 9.76. The van der Waals surface area contributed by atoms with E-state index in [4.69, 9.17) is 10.5 Å². The molecule has 10 nitrogen and oxygen atoms in total. The number of fused-ring (bicyclic) bond motifs is 4. The summed E-state index contributed by atoms with van der Waals surface area (Å²) in [6.07, 6.45) is -0.212. The largest absolute Gasteiger partial charge is 0.427 e. The minimum atomic E-state index is -1.50. The Bertz CT molecular complexity index is 1230. The van der Waals surface area contributed by atoms with Crippen molar-refractivity contribution in [1.82, 2.24) is 5.32 Å². The molecule has 3 aliphatic heterocycles. The fourth-order valence-corrected chi connectivity index (χ4v) is 5.23. The fraction of sp³-hybridized carbons (Fsp3) is 0.261. The van der Waals surface area contributed by atoms with Gasteiger partial charge in [-0.1, -0.05) is 18.2 Å². The minimum Gasteiger partial charge on any atom is -0.427 e. The van der Waals surface area contributed by atoms with Gasteiger partial charge in [0.1, 0.15) is 11.3 Å². The first-order valence-electron chi connectivity index (χ1n) is 10.4. The quantitative estimate of drug-likeness (QED) is 0.349. The van der Waals surface area contributed by atoms with Crippen molar-refractivity contribution >= 4 is 41.0 Å². The second-order valence-corrected chi connectivity index (χ2v) is 8.33. The number of nitrogens with one attached hydrogen (secondary N) is 2. The van der Waals surface area contributed by atoms with E-state index in [1.807, 2.05) is 0 Å². The number of benzene rings is 2. The van der Waals surface area contributed by atoms with E-state index < -0.39 is 53.0 Å². The predicted molar refractivity (Wildman–Crippen MR) is 115 cm³/mol. The minimum absolute atomic E-state index is 0.212. The van der Waals surface area contributed by atoms with Crippen LogP contribution in [0.1, 0.15) is 18.9 Å². The van der Waals surface area contributed by atoms with Crippen LogP contribution in [0.25, 0.3) is 0 Å². The second kappa shape index (κ2) is 7.24. The van der Waals surface area contributed by atoms with Crippen molar-refractivity contribution in [2.75, 3.05) is 10.2 Å². The first kappa shape index (κ1) is 20.8. The molecule has 168 valence electrons. The Labute approximate surface area is 188 Å². The number of amides is 4. The molecule has 5 rings (SSSR count). The highest BCUT2D eigenvalue weighted by Crippen LogP contribution is 2.53. The van der Waals surface area contributed by atoms with Gasteiger partial charge in [-0.2, -0.15) is 0 Å². The number of primary amides is 1. The summed E-state index contributed by atoms with van der Waals surface area (Å²) in [7, 11) is 0. The third-order valence-electron chi connectivity index (χ3n) is 6.40. The molecule has 4 unspecified atom stereocenters. The monoisotopic (exact) mass is 448 g/mol. The Morgan fingerprint density at radius 3 is 2.42 bits per heavy atom. The first-order valence-corrected chi connectivity index (χ1v) is 10.4. The van der Waals surface area contributed by atoms with E-state index in [0.29, 0.717) is 11.3 Å². The van der Waals surface area contributed by atoms with Crippen LogP contribution in [0.3, 0.4) is 0 Å². The van der Waals surface area contributed by atoms with Crippen LogP contribution >= 0.6 is 0 Å². The molecule has 2 fully saturated rings. The van der Waals surface area contributed by atoms with Crippen molar-refractivity contribution in [3.8, 4) is 5.75 Å². The van der Waals surface area contributed by atoms with Crippen LogP contribution in [0.2, 0.25) is 0 Å². The zero-order valence-electron chi connectivity index (χ0n) is 17.5. The number of anilines is 2. The highest BCUT2D eigenvalue weighted by molar-refractivity contribution is 6.26. The third-order valence-corrected chi connectivity index (χ3v) is 6.40. The summed E-state index contributed by atoms with van der Waals surface area (Å²) in [5, 5.41) is 5.91. The number of para-hydroxylation sites is 1. The van der Waals surface area contributed by atoms with Crippen molar-refractivity contribution in [2.24, 2.45) is 17.6 Å². The summed E-state index contributed by atoms with van der Waals surface area (Å²) in [5.41, 5.74) is 5.28. The molecule has 0 saturated carbocycles. The zero-order chi connectivity index (χ0) is 23.5. The van der Waals surface area contributed by atoms with Crippen LogP contribution in [0.5, 0.6) is 5.75 Å². The summed E-state index contributed by atoms with van der Waals surface area (Å²) in [5.74, 6) is -4.47. The van der Waals surface area contributed by atoms with Crippen molar-refractivity contribution in [3.05, 3.63) is 54.1 Å². The van der Waals surface area contributed by atoms with Crippen molar-refractivity contribution in [2.45, 2.75) is 24.9 Å². The molecule has 3 aliphatic rings. The van der Waals surface area contributed by atoms with Crippen molar-refractivity contribution < 1.29 is 28.7 Å². The van der Waals surface area contributed by atoms with Gasteiger partial charge in [-0.3, -0.25) is 29.3 Å². The Morgan fingerprint density at radius 1 is 1.06 bits per heavy atom. The van der Waals surface area contributed by atoms with E-state index in [1.54, 1.807) is 24.3 Å². The Kier molecular flexibility index (Phi) is 4.57. The highest BCUT2D eigenvalue weighted by Gasteiger charge is 2.70. The van der Waals surface area contributed by atoms with Crippen LogP contribution in [0, 0.1) is 11.8 Å².